The first-order chi connectivity index (χ1) is 9.23. The highest BCUT2D eigenvalue weighted by molar-refractivity contribution is 9.10. The van der Waals surface area contributed by atoms with Crippen LogP contribution < -0.4 is 0 Å². The van der Waals surface area contributed by atoms with Crippen molar-refractivity contribution in [3.63, 3.8) is 0 Å². The van der Waals surface area contributed by atoms with Crippen molar-refractivity contribution in [2.75, 3.05) is 13.1 Å². The molecule has 1 saturated heterocycles. The SMILES string of the molecule is Cc1c(Br)cc(S(=O)(=O)N2CCC(C)C2)cc1C(=O)O. The van der Waals surface area contributed by atoms with Gasteiger partial charge in [-0.3, -0.25) is 0 Å². The molecule has 1 aromatic rings. The minimum Gasteiger partial charge on any atom is -0.478 e. The fraction of sp³-hybridized carbons (Fsp3) is 0.462. The predicted molar refractivity (Wildman–Crippen MR) is 78.4 cm³/mol. The molecule has 110 valence electrons. The predicted octanol–water partition coefficient (Wildman–Crippen LogP) is 2.49. The highest BCUT2D eigenvalue weighted by Crippen LogP contribution is 2.29. The summed E-state index contributed by atoms with van der Waals surface area (Å²) in [5.41, 5.74) is 0.524. The zero-order valence-corrected chi connectivity index (χ0v) is 13.7. The standard InChI is InChI=1S/C13H16BrNO4S/c1-8-3-4-15(7-8)20(18,19)10-5-11(13(16)17)9(2)12(14)6-10/h5-6,8H,3-4,7H2,1-2H3,(H,16,17). The maximum Gasteiger partial charge on any atom is 0.336 e. The van der Waals surface area contributed by atoms with Crippen molar-refractivity contribution in [2.24, 2.45) is 5.92 Å². The van der Waals surface area contributed by atoms with E-state index in [1.54, 1.807) is 6.92 Å². The summed E-state index contributed by atoms with van der Waals surface area (Å²) in [6.07, 6.45) is 0.831. The molecule has 1 heterocycles. The number of rotatable bonds is 3. The maximum absolute atomic E-state index is 12.5. The van der Waals surface area contributed by atoms with Gasteiger partial charge in [-0.15, -0.1) is 0 Å². The lowest BCUT2D eigenvalue weighted by Crippen LogP contribution is -2.29. The second-order valence-electron chi connectivity index (χ2n) is 5.14. The van der Waals surface area contributed by atoms with Gasteiger partial charge in [-0.2, -0.15) is 4.31 Å². The first-order valence-corrected chi connectivity index (χ1v) is 8.50. The van der Waals surface area contributed by atoms with Crippen LogP contribution in [0.15, 0.2) is 21.5 Å². The summed E-state index contributed by atoms with van der Waals surface area (Å²) < 4.78 is 27.0. The third kappa shape index (κ3) is 2.75. The zero-order valence-electron chi connectivity index (χ0n) is 11.3. The monoisotopic (exact) mass is 361 g/mol. The molecule has 1 aliphatic heterocycles. The smallest absolute Gasteiger partial charge is 0.336 e. The van der Waals surface area contributed by atoms with Crippen LogP contribution in [-0.4, -0.2) is 36.9 Å². The van der Waals surface area contributed by atoms with E-state index >= 15 is 0 Å². The Morgan fingerprint density at radius 2 is 2.10 bits per heavy atom. The van der Waals surface area contributed by atoms with E-state index in [1.165, 1.54) is 16.4 Å². The Labute approximate surface area is 126 Å². The van der Waals surface area contributed by atoms with Crippen LogP contribution in [0.3, 0.4) is 0 Å². The van der Waals surface area contributed by atoms with Crippen LogP contribution in [0.1, 0.15) is 29.3 Å². The van der Waals surface area contributed by atoms with E-state index in [9.17, 15) is 13.2 Å². The Kier molecular flexibility index (Phi) is 4.22. The number of nitrogens with zero attached hydrogens (tertiary/aromatic N) is 1. The van der Waals surface area contributed by atoms with Gasteiger partial charge in [-0.1, -0.05) is 22.9 Å². The fourth-order valence-electron chi connectivity index (χ4n) is 2.29. The number of hydrogen-bond acceptors (Lipinski definition) is 3. The van der Waals surface area contributed by atoms with Crippen molar-refractivity contribution in [3.05, 3.63) is 27.7 Å². The number of sulfonamides is 1. The highest BCUT2D eigenvalue weighted by atomic mass is 79.9. The Morgan fingerprint density at radius 1 is 1.45 bits per heavy atom. The molecule has 1 N–H and O–H groups in total. The summed E-state index contributed by atoms with van der Waals surface area (Å²) in [7, 11) is -3.63. The van der Waals surface area contributed by atoms with Gasteiger partial charge in [0.25, 0.3) is 0 Å². The molecule has 0 aromatic heterocycles. The first kappa shape index (κ1) is 15.5. The molecular weight excluding hydrogens is 346 g/mol. The number of carboxylic acid groups (broad SMARTS) is 1. The number of benzene rings is 1. The van der Waals surface area contributed by atoms with Crippen LogP contribution in [0.4, 0.5) is 0 Å². The molecule has 0 radical (unpaired) electrons. The minimum atomic E-state index is -3.63. The molecule has 5 nitrogen and oxygen atoms in total. The van der Waals surface area contributed by atoms with E-state index in [-0.39, 0.29) is 10.5 Å². The molecule has 1 aliphatic rings. The number of hydrogen-bond donors (Lipinski definition) is 1. The topological polar surface area (TPSA) is 74.7 Å². The number of halogens is 1. The van der Waals surface area contributed by atoms with E-state index in [1.807, 2.05) is 6.92 Å². The van der Waals surface area contributed by atoms with Crippen molar-refractivity contribution < 1.29 is 18.3 Å². The average molecular weight is 362 g/mol. The van der Waals surface area contributed by atoms with E-state index in [0.717, 1.165) is 6.42 Å². The van der Waals surface area contributed by atoms with Gasteiger partial charge >= 0.3 is 5.97 Å². The lowest BCUT2D eigenvalue weighted by Gasteiger charge is -2.17. The lowest BCUT2D eigenvalue weighted by molar-refractivity contribution is 0.0695. The molecule has 1 unspecified atom stereocenters. The van der Waals surface area contributed by atoms with Crippen LogP contribution in [0, 0.1) is 12.8 Å². The van der Waals surface area contributed by atoms with Crippen LogP contribution in [0.2, 0.25) is 0 Å². The molecule has 0 amide bonds. The highest BCUT2D eigenvalue weighted by Gasteiger charge is 2.31. The summed E-state index contributed by atoms with van der Waals surface area (Å²) >= 11 is 3.23. The van der Waals surface area contributed by atoms with E-state index in [0.29, 0.717) is 29.0 Å². The van der Waals surface area contributed by atoms with Crippen molar-refractivity contribution in [2.45, 2.75) is 25.2 Å². The van der Waals surface area contributed by atoms with Crippen LogP contribution in [0.25, 0.3) is 0 Å². The second-order valence-corrected chi connectivity index (χ2v) is 7.93. The zero-order chi connectivity index (χ0) is 15.1. The summed E-state index contributed by atoms with van der Waals surface area (Å²) in [5.74, 6) is -0.798. The van der Waals surface area contributed by atoms with Crippen molar-refractivity contribution >= 4 is 31.9 Å². The minimum absolute atomic E-state index is 0.00481. The normalized spacial score (nSPS) is 20.2. The molecule has 1 fully saturated rings. The number of carboxylic acids is 1. The molecule has 7 heteroatoms. The quantitative estimate of drug-likeness (QED) is 0.897. The largest absolute Gasteiger partial charge is 0.478 e. The van der Waals surface area contributed by atoms with E-state index < -0.39 is 16.0 Å². The molecule has 2 rings (SSSR count). The molecule has 0 spiro atoms. The Morgan fingerprint density at radius 3 is 2.60 bits per heavy atom. The van der Waals surface area contributed by atoms with Gasteiger partial charge in [-0.05, 0) is 37.0 Å². The molecule has 0 bridgehead atoms. The van der Waals surface area contributed by atoms with Gasteiger partial charge in [0.1, 0.15) is 0 Å². The van der Waals surface area contributed by atoms with Crippen LogP contribution >= 0.6 is 15.9 Å². The summed E-state index contributed by atoms with van der Waals surface area (Å²) in [5, 5.41) is 9.16. The molecular formula is C13H16BrNO4S. The maximum atomic E-state index is 12.5. The first-order valence-electron chi connectivity index (χ1n) is 6.27. The molecule has 20 heavy (non-hydrogen) atoms. The van der Waals surface area contributed by atoms with Crippen molar-refractivity contribution in [3.8, 4) is 0 Å². The van der Waals surface area contributed by atoms with Crippen molar-refractivity contribution in [1.82, 2.24) is 4.31 Å². The average Bonchev–Trinajstić information content (AvgIpc) is 2.79. The van der Waals surface area contributed by atoms with Crippen LogP contribution in [0.5, 0.6) is 0 Å². The Hall–Kier alpha value is -0.920. The van der Waals surface area contributed by atoms with Gasteiger partial charge in [0, 0.05) is 17.6 Å². The van der Waals surface area contributed by atoms with E-state index in [2.05, 4.69) is 15.9 Å². The summed E-state index contributed by atoms with van der Waals surface area (Å²) in [4.78, 5) is 11.2. The molecule has 0 aliphatic carbocycles. The third-order valence-corrected chi connectivity index (χ3v) is 6.24. The van der Waals surface area contributed by atoms with Gasteiger partial charge < -0.3 is 5.11 Å². The Bertz CT molecular complexity index is 657. The fourth-order valence-corrected chi connectivity index (χ4v) is 4.53. The molecule has 1 aromatic carbocycles. The lowest BCUT2D eigenvalue weighted by atomic mass is 10.1. The summed E-state index contributed by atoms with van der Waals surface area (Å²) in [6.45, 7) is 4.61. The number of aromatic carboxylic acids is 1. The second kappa shape index (κ2) is 5.46. The van der Waals surface area contributed by atoms with Gasteiger partial charge in [-0.25, -0.2) is 13.2 Å². The third-order valence-electron chi connectivity index (χ3n) is 3.57. The van der Waals surface area contributed by atoms with Crippen LogP contribution in [-0.2, 0) is 10.0 Å². The van der Waals surface area contributed by atoms with Gasteiger partial charge in [0.15, 0.2) is 0 Å². The van der Waals surface area contributed by atoms with Gasteiger partial charge in [0.2, 0.25) is 10.0 Å². The van der Waals surface area contributed by atoms with Crippen molar-refractivity contribution in [1.29, 1.82) is 0 Å². The summed E-state index contributed by atoms with van der Waals surface area (Å²) in [6, 6.07) is 2.71. The molecule has 0 saturated carbocycles. The molecule has 1 atom stereocenters. The number of carbonyl (C=O) groups is 1. The Balaban J connectivity index is 2.50. The van der Waals surface area contributed by atoms with E-state index in [4.69, 9.17) is 5.11 Å². The van der Waals surface area contributed by atoms with Gasteiger partial charge in [0.05, 0.1) is 10.5 Å².